The maximum Gasteiger partial charge on any atom is 0.0441 e. The lowest BCUT2D eigenvalue weighted by molar-refractivity contribution is 0.641. The summed E-state index contributed by atoms with van der Waals surface area (Å²) in [6.45, 7) is 4.16. The van der Waals surface area contributed by atoms with E-state index in [0.29, 0.717) is 20.1 Å². The Labute approximate surface area is 231 Å². The molecule has 4 aromatic carbocycles. The third-order valence-electron chi connectivity index (χ3n) is 5.47. The van der Waals surface area contributed by atoms with Crippen molar-refractivity contribution in [2.24, 2.45) is 0 Å². The Balaban J connectivity index is 0.000000196. The maximum atomic E-state index is 6.08. The maximum absolute atomic E-state index is 6.08. The minimum atomic E-state index is -0.289. The van der Waals surface area contributed by atoms with Crippen LogP contribution in [0.3, 0.4) is 0 Å². The standard InChI is InChI=1S/C15H12Cl4.C13H10Cl2/c1-15(2,9-3-11(16)7-12(17)4-9)10-5-13(18)8-14(19)6-10;14-12-7-3-1-5-10(12)9-11-6-2-4-8-13(11)15/h3-8H,1-2H3;1-8H,9H2. The highest BCUT2D eigenvalue weighted by Gasteiger charge is 2.24. The SMILES string of the molecule is CC(C)(c1cc(Cl)cc(Cl)c1)c1cc(Cl)cc(Cl)c1.Clc1ccccc1Cc1ccccc1Cl. The summed E-state index contributed by atoms with van der Waals surface area (Å²) >= 11 is 36.4. The predicted molar refractivity (Wildman–Crippen MR) is 151 cm³/mol. The quantitative estimate of drug-likeness (QED) is 0.229. The summed E-state index contributed by atoms with van der Waals surface area (Å²) in [7, 11) is 0. The van der Waals surface area contributed by atoms with Gasteiger partial charge in [0.2, 0.25) is 0 Å². The molecular formula is C28H22Cl6. The molecule has 0 saturated heterocycles. The molecule has 0 atom stereocenters. The van der Waals surface area contributed by atoms with Crippen LogP contribution in [0, 0.1) is 0 Å². The van der Waals surface area contributed by atoms with Gasteiger partial charge in [-0.1, -0.05) is 120 Å². The molecule has 0 amide bonds. The van der Waals surface area contributed by atoms with Gasteiger partial charge in [0.15, 0.2) is 0 Å². The molecule has 4 aromatic rings. The third kappa shape index (κ3) is 7.31. The van der Waals surface area contributed by atoms with Crippen molar-refractivity contribution >= 4 is 69.6 Å². The smallest absolute Gasteiger partial charge is 0.0441 e. The van der Waals surface area contributed by atoms with Crippen LogP contribution < -0.4 is 0 Å². The first-order valence-electron chi connectivity index (χ1n) is 10.5. The molecule has 0 spiro atoms. The molecule has 176 valence electrons. The molecule has 0 unspecified atom stereocenters. The lowest BCUT2D eigenvalue weighted by atomic mass is 9.78. The molecule has 0 heterocycles. The Morgan fingerprint density at radius 1 is 0.500 bits per heavy atom. The van der Waals surface area contributed by atoms with Crippen molar-refractivity contribution in [2.75, 3.05) is 0 Å². The second-order valence-corrected chi connectivity index (χ2v) is 10.9. The zero-order valence-corrected chi connectivity index (χ0v) is 23.1. The van der Waals surface area contributed by atoms with Gasteiger partial charge in [-0.25, -0.2) is 0 Å². The van der Waals surface area contributed by atoms with Crippen LogP contribution in [0.5, 0.6) is 0 Å². The third-order valence-corrected chi connectivity index (χ3v) is 7.08. The topological polar surface area (TPSA) is 0 Å². The molecule has 0 aliphatic heterocycles. The number of benzene rings is 4. The first kappa shape index (κ1) is 27.2. The molecule has 6 heteroatoms. The lowest BCUT2D eigenvalue weighted by Gasteiger charge is -2.27. The number of rotatable bonds is 4. The van der Waals surface area contributed by atoms with Crippen molar-refractivity contribution in [3.63, 3.8) is 0 Å². The summed E-state index contributed by atoms with van der Waals surface area (Å²) < 4.78 is 0. The average molecular weight is 571 g/mol. The van der Waals surface area contributed by atoms with Crippen LogP contribution >= 0.6 is 69.6 Å². The van der Waals surface area contributed by atoms with Crippen LogP contribution in [0.4, 0.5) is 0 Å². The molecule has 0 radical (unpaired) electrons. The van der Waals surface area contributed by atoms with Gasteiger partial charge < -0.3 is 0 Å². The van der Waals surface area contributed by atoms with Gasteiger partial charge in [0.1, 0.15) is 0 Å². The van der Waals surface area contributed by atoms with E-state index in [2.05, 4.69) is 13.8 Å². The van der Waals surface area contributed by atoms with Gasteiger partial charge in [-0.05, 0) is 70.8 Å². The van der Waals surface area contributed by atoms with Crippen molar-refractivity contribution in [1.82, 2.24) is 0 Å². The van der Waals surface area contributed by atoms with Gasteiger partial charge >= 0.3 is 0 Å². The summed E-state index contributed by atoms with van der Waals surface area (Å²) in [5, 5.41) is 4.04. The number of hydrogen-bond acceptors (Lipinski definition) is 0. The number of halogens is 6. The van der Waals surface area contributed by atoms with Crippen LogP contribution in [0.2, 0.25) is 30.1 Å². The van der Waals surface area contributed by atoms with Crippen molar-refractivity contribution in [3.8, 4) is 0 Å². The molecule has 0 aliphatic carbocycles. The van der Waals surface area contributed by atoms with Crippen molar-refractivity contribution in [3.05, 3.63) is 137 Å². The lowest BCUT2D eigenvalue weighted by Crippen LogP contribution is -2.19. The van der Waals surface area contributed by atoms with E-state index in [1.807, 2.05) is 72.8 Å². The normalized spacial score (nSPS) is 11.1. The van der Waals surface area contributed by atoms with Gasteiger partial charge in [-0.15, -0.1) is 0 Å². The van der Waals surface area contributed by atoms with E-state index in [-0.39, 0.29) is 5.41 Å². The van der Waals surface area contributed by atoms with Crippen LogP contribution in [0.15, 0.2) is 84.9 Å². The van der Waals surface area contributed by atoms with Gasteiger partial charge in [0, 0.05) is 42.0 Å². The number of hydrogen-bond donors (Lipinski definition) is 0. The molecule has 0 bridgehead atoms. The summed E-state index contributed by atoms with van der Waals surface area (Å²) in [6, 6.07) is 26.7. The molecular weight excluding hydrogens is 549 g/mol. The zero-order chi connectivity index (χ0) is 24.9. The summed E-state index contributed by atoms with van der Waals surface area (Å²) in [5.41, 5.74) is 3.95. The van der Waals surface area contributed by atoms with Crippen LogP contribution in [-0.2, 0) is 11.8 Å². The highest BCUT2D eigenvalue weighted by molar-refractivity contribution is 6.35. The largest absolute Gasteiger partial charge is 0.0843 e. The van der Waals surface area contributed by atoms with Gasteiger partial charge in [0.05, 0.1) is 0 Å². The molecule has 0 aromatic heterocycles. The van der Waals surface area contributed by atoms with Crippen LogP contribution in [0.25, 0.3) is 0 Å². The Morgan fingerprint density at radius 2 is 0.824 bits per heavy atom. The summed E-state index contributed by atoms with van der Waals surface area (Å²) in [5.74, 6) is 0. The van der Waals surface area contributed by atoms with Crippen molar-refractivity contribution < 1.29 is 0 Å². The van der Waals surface area contributed by atoms with Gasteiger partial charge in [-0.3, -0.25) is 0 Å². The van der Waals surface area contributed by atoms with Crippen LogP contribution in [-0.4, -0.2) is 0 Å². The fourth-order valence-corrected chi connectivity index (χ4v) is 4.94. The van der Waals surface area contributed by atoms with Crippen molar-refractivity contribution in [2.45, 2.75) is 25.7 Å². The highest BCUT2D eigenvalue weighted by atomic mass is 35.5. The minimum Gasteiger partial charge on any atom is -0.0843 e. The molecule has 0 nitrogen and oxygen atoms in total. The first-order valence-corrected chi connectivity index (χ1v) is 12.7. The zero-order valence-electron chi connectivity index (χ0n) is 18.6. The second kappa shape index (κ2) is 12.0. The summed E-state index contributed by atoms with van der Waals surface area (Å²) in [4.78, 5) is 0. The van der Waals surface area contributed by atoms with E-state index < -0.39 is 0 Å². The highest BCUT2D eigenvalue weighted by Crippen LogP contribution is 2.37. The monoisotopic (exact) mass is 568 g/mol. The van der Waals surface area contributed by atoms with E-state index >= 15 is 0 Å². The Morgan fingerprint density at radius 3 is 1.15 bits per heavy atom. The summed E-state index contributed by atoms with van der Waals surface area (Å²) in [6.07, 6.45) is 0.777. The molecule has 0 aliphatic rings. The van der Waals surface area contributed by atoms with E-state index in [4.69, 9.17) is 69.6 Å². The van der Waals surface area contributed by atoms with E-state index in [0.717, 1.165) is 38.7 Å². The predicted octanol–water partition coefficient (Wildman–Crippen LogP) is 11.2. The first-order chi connectivity index (χ1) is 16.1. The molecule has 0 saturated carbocycles. The molecule has 4 rings (SSSR count). The van der Waals surface area contributed by atoms with E-state index in [1.165, 1.54) is 0 Å². The Hall–Kier alpha value is -1.38. The van der Waals surface area contributed by atoms with Gasteiger partial charge in [-0.2, -0.15) is 0 Å². The van der Waals surface area contributed by atoms with E-state index in [1.54, 1.807) is 12.1 Å². The fraction of sp³-hybridized carbons (Fsp3) is 0.143. The molecule has 0 fully saturated rings. The van der Waals surface area contributed by atoms with Gasteiger partial charge in [0.25, 0.3) is 0 Å². The average Bonchev–Trinajstić information content (AvgIpc) is 2.76. The second-order valence-electron chi connectivity index (χ2n) is 8.30. The van der Waals surface area contributed by atoms with Crippen LogP contribution in [0.1, 0.15) is 36.1 Å². The minimum absolute atomic E-state index is 0.289. The Kier molecular flexibility index (Phi) is 9.64. The fourth-order valence-electron chi connectivity index (χ4n) is 3.48. The molecule has 34 heavy (non-hydrogen) atoms. The van der Waals surface area contributed by atoms with E-state index in [9.17, 15) is 0 Å². The molecule has 0 N–H and O–H groups in total. The Bertz CT molecular complexity index is 1140. The van der Waals surface area contributed by atoms with Crippen molar-refractivity contribution in [1.29, 1.82) is 0 Å².